The normalized spacial score (nSPS) is 12.7. The second-order valence-electron chi connectivity index (χ2n) is 8.07. The predicted molar refractivity (Wildman–Crippen MR) is 135 cm³/mol. The lowest BCUT2D eigenvalue weighted by Gasteiger charge is -2.13. The molecule has 1 aromatic carbocycles. The fourth-order valence-corrected chi connectivity index (χ4v) is 3.93. The molecule has 2 aromatic heterocycles. The molecule has 0 saturated heterocycles. The molecule has 36 heavy (non-hydrogen) atoms. The molecule has 0 radical (unpaired) electrons. The Labute approximate surface area is 215 Å². The molecule has 12 heteroatoms. The van der Waals surface area contributed by atoms with E-state index in [0.29, 0.717) is 35.2 Å². The summed E-state index contributed by atoms with van der Waals surface area (Å²) in [6.07, 6.45) is 0.830. The van der Waals surface area contributed by atoms with E-state index in [1.807, 2.05) is 19.0 Å². The third kappa shape index (κ3) is 7.36. The van der Waals surface area contributed by atoms with Crippen molar-refractivity contribution in [3.63, 3.8) is 0 Å². The largest absolute Gasteiger partial charge is 0.427 e. The van der Waals surface area contributed by atoms with Crippen LogP contribution in [0.25, 0.3) is 11.1 Å². The van der Waals surface area contributed by atoms with Crippen LogP contribution in [0.3, 0.4) is 0 Å². The highest BCUT2D eigenvalue weighted by molar-refractivity contribution is 7.15. The summed E-state index contributed by atoms with van der Waals surface area (Å²) in [5, 5.41) is 5.17. The van der Waals surface area contributed by atoms with Crippen molar-refractivity contribution in [2.75, 3.05) is 31.3 Å². The Balaban J connectivity index is 1.70. The van der Waals surface area contributed by atoms with Crippen LogP contribution in [0.4, 0.5) is 24.1 Å². The number of rotatable bonds is 8. The lowest BCUT2D eigenvalue weighted by Crippen LogP contribution is -2.18. The number of hydrogen-bond donors (Lipinski definition) is 2. The molecule has 3 rings (SSSR count). The van der Waals surface area contributed by atoms with Crippen LogP contribution in [0.2, 0.25) is 5.02 Å². The van der Waals surface area contributed by atoms with Crippen LogP contribution in [-0.2, 0) is 15.8 Å². The number of alkyl halides is 3. The number of nitrogens with one attached hydrogen (secondary N) is 2. The Morgan fingerprint density at radius 2 is 1.89 bits per heavy atom. The number of aromatic nitrogens is 2. The van der Waals surface area contributed by atoms with Gasteiger partial charge in [0.25, 0.3) is 0 Å². The monoisotopic (exact) mass is 537 g/mol. The van der Waals surface area contributed by atoms with E-state index in [1.54, 1.807) is 49.5 Å². The van der Waals surface area contributed by atoms with Crippen LogP contribution in [0.15, 0.2) is 54.9 Å². The minimum absolute atomic E-state index is 0.125. The van der Waals surface area contributed by atoms with Gasteiger partial charge in [0, 0.05) is 24.4 Å². The molecule has 7 nitrogen and oxygen atoms in total. The van der Waals surface area contributed by atoms with Crippen LogP contribution >= 0.6 is 22.9 Å². The SMILES string of the molecule is C[C@H](C(=O)Nc1ncc(C(F)(F)F)s1)c1cccc(-c2cnc(NC(=O)/C=C/CN(C)C)c(Cl)c2)c1. The van der Waals surface area contributed by atoms with Gasteiger partial charge in [-0.2, -0.15) is 13.2 Å². The Bertz CT molecular complexity index is 1280. The third-order valence-electron chi connectivity index (χ3n) is 4.95. The summed E-state index contributed by atoms with van der Waals surface area (Å²) < 4.78 is 38.3. The molecule has 0 spiro atoms. The first kappa shape index (κ1) is 27.3. The maximum Gasteiger partial charge on any atom is 0.427 e. The first-order valence-electron chi connectivity index (χ1n) is 10.7. The number of pyridine rings is 1. The number of anilines is 2. The summed E-state index contributed by atoms with van der Waals surface area (Å²) >= 11 is 6.69. The van der Waals surface area contributed by atoms with Gasteiger partial charge in [0.15, 0.2) is 10.9 Å². The van der Waals surface area contributed by atoms with Crippen molar-refractivity contribution in [1.29, 1.82) is 0 Å². The van der Waals surface area contributed by atoms with Gasteiger partial charge in [0.05, 0.1) is 17.1 Å². The second-order valence-corrected chi connectivity index (χ2v) is 9.51. The Hall–Kier alpha value is -3.28. The van der Waals surface area contributed by atoms with Crippen molar-refractivity contribution in [3.8, 4) is 11.1 Å². The summed E-state index contributed by atoms with van der Waals surface area (Å²) in [4.78, 5) is 33.6. The van der Waals surface area contributed by atoms with Gasteiger partial charge < -0.3 is 15.5 Å². The van der Waals surface area contributed by atoms with Crippen LogP contribution in [-0.4, -0.2) is 47.3 Å². The maximum absolute atomic E-state index is 12.8. The zero-order valence-electron chi connectivity index (χ0n) is 19.6. The average Bonchev–Trinajstić information content (AvgIpc) is 3.29. The number of benzene rings is 1. The second kappa shape index (κ2) is 11.6. The standard InChI is InChI=1S/C24H23ClF3N5O2S/c1-14(22(35)32-23-30-13-19(36-23)24(26,27)28)15-6-4-7-16(10-15)17-11-18(25)21(29-12-17)31-20(34)8-5-9-33(2)3/h4-8,10-14H,9H2,1-3H3,(H,29,31,34)(H,30,32,35)/b8-5+/t14-/m0/s1. The van der Waals surface area contributed by atoms with E-state index in [4.69, 9.17) is 11.6 Å². The van der Waals surface area contributed by atoms with Crippen molar-refractivity contribution in [2.45, 2.75) is 19.0 Å². The molecule has 2 amide bonds. The number of carbonyl (C=O) groups is 2. The van der Waals surface area contributed by atoms with Gasteiger partial charge in [-0.1, -0.05) is 53.3 Å². The lowest BCUT2D eigenvalue weighted by atomic mass is 9.96. The van der Waals surface area contributed by atoms with E-state index in [0.717, 1.165) is 5.56 Å². The summed E-state index contributed by atoms with van der Waals surface area (Å²) in [5.41, 5.74) is 2.02. The Morgan fingerprint density at radius 3 is 2.53 bits per heavy atom. The predicted octanol–water partition coefficient (Wildman–Crippen LogP) is 5.68. The lowest BCUT2D eigenvalue weighted by molar-refractivity contribution is -0.134. The van der Waals surface area contributed by atoms with Crippen LogP contribution in [0.1, 0.15) is 23.3 Å². The molecular formula is C24H23ClF3N5O2S. The zero-order chi connectivity index (χ0) is 26.5. The molecule has 0 fully saturated rings. The molecule has 0 aliphatic carbocycles. The highest BCUT2D eigenvalue weighted by Gasteiger charge is 2.33. The fourth-order valence-electron chi connectivity index (χ4n) is 3.03. The summed E-state index contributed by atoms with van der Waals surface area (Å²) in [6, 6.07) is 8.70. The van der Waals surface area contributed by atoms with Gasteiger partial charge in [-0.05, 0) is 38.2 Å². The minimum Gasteiger partial charge on any atom is -0.306 e. The molecule has 0 unspecified atom stereocenters. The van der Waals surface area contributed by atoms with E-state index in [1.165, 1.54) is 6.08 Å². The van der Waals surface area contributed by atoms with Crippen molar-refractivity contribution in [2.24, 2.45) is 0 Å². The van der Waals surface area contributed by atoms with Gasteiger partial charge in [-0.3, -0.25) is 9.59 Å². The van der Waals surface area contributed by atoms with Crippen LogP contribution in [0.5, 0.6) is 0 Å². The van der Waals surface area contributed by atoms with Crippen LogP contribution < -0.4 is 10.6 Å². The molecule has 3 aromatic rings. The van der Waals surface area contributed by atoms with Crippen LogP contribution in [0, 0.1) is 0 Å². The summed E-state index contributed by atoms with van der Waals surface area (Å²) in [6.45, 7) is 2.25. The third-order valence-corrected chi connectivity index (χ3v) is 6.20. The molecular weight excluding hydrogens is 515 g/mol. The number of amides is 2. The number of likely N-dealkylation sites (N-methyl/N-ethyl adjacent to an activating group) is 1. The van der Waals surface area contributed by atoms with E-state index in [-0.39, 0.29) is 21.9 Å². The number of hydrogen-bond acceptors (Lipinski definition) is 6. The molecule has 0 aliphatic rings. The molecule has 0 saturated carbocycles. The van der Waals surface area contributed by atoms with Crippen molar-refractivity contribution < 1.29 is 22.8 Å². The summed E-state index contributed by atoms with van der Waals surface area (Å²) in [7, 11) is 3.77. The number of thiazole rings is 1. The average molecular weight is 538 g/mol. The smallest absolute Gasteiger partial charge is 0.306 e. The Kier molecular flexibility index (Phi) is 8.83. The number of nitrogens with zero attached hydrogens (tertiary/aromatic N) is 3. The van der Waals surface area contributed by atoms with Crippen molar-refractivity contribution in [3.05, 3.63) is 70.3 Å². The molecule has 190 valence electrons. The first-order chi connectivity index (χ1) is 16.9. The van der Waals surface area contributed by atoms with E-state index in [9.17, 15) is 22.8 Å². The molecule has 2 N–H and O–H groups in total. The molecule has 1 atom stereocenters. The van der Waals surface area contributed by atoms with Gasteiger partial charge >= 0.3 is 6.18 Å². The molecule has 2 heterocycles. The molecule has 0 bridgehead atoms. The first-order valence-corrected chi connectivity index (χ1v) is 11.9. The number of carbonyl (C=O) groups excluding carboxylic acids is 2. The fraction of sp³-hybridized carbons (Fsp3) is 0.250. The highest BCUT2D eigenvalue weighted by atomic mass is 35.5. The Morgan fingerprint density at radius 1 is 1.14 bits per heavy atom. The van der Waals surface area contributed by atoms with Crippen molar-refractivity contribution >= 4 is 45.7 Å². The van der Waals surface area contributed by atoms with Gasteiger partial charge in [0.1, 0.15) is 4.88 Å². The summed E-state index contributed by atoms with van der Waals surface area (Å²) in [5.74, 6) is -1.31. The molecule has 0 aliphatic heterocycles. The van der Waals surface area contributed by atoms with Gasteiger partial charge in [-0.15, -0.1) is 0 Å². The maximum atomic E-state index is 12.8. The quantitative estimate of drug-likeness (QED) is 0.361. The topological polar surface area (TPSA) is 87.2 Å². The number of halogens is 4. The zero-order valence-corrected chi connectivity index (χ0v) is 21.1. The minimum atomic E-state index is -4.52. The van der Waals surface area contributed by atoms with Gasteiger partial charge in [-0.25, -0.2) is 9.97 Å². The van der Waals surface area contributed by atoms with E-state index < -0.39 is 22.9 Å². The van der Waals surface area contributed by atoms with E-state index >= 15 is 0 Å². The highest BCUT2D eigenvalue weighted by Crippen LogP contribution is 2.35. The van der Waals surface area contributed by atoms with E-state index in [2.05, 4.69) is 20.6 Å². The van der Waals surface area contributed by atoms with Gasteiger partial charge in [0.2, 0.25) is 11.8 Å². The van der Waals surface area contributed by atoms with Crippen molar-refractivity contribution in [1.82, 2.24) is 14.9 Å².